The quantitative estimate of drug-likeness (QED) is 0.848. The highest BCUT2D eigenvalue weighted by Gasteiger charge is 2.16. The van der Waals surface area contributed by atoms with Gasteiger partial charge in [-0.15, -0.1) is 0 Å². The van der Waals surface area contributed by atoms with Crippen molar-refractivity contribution in [2.24, 2.45) is 0 Å². The minimum Gasteiger partial charge on any atom is -0.472 e. The number of hydrogen-bond donors (Lipinski definition) is 0. The van der Waals surface area contributed by atoms with Crippen molar-refractivity contribution in [1.29, 1.82) is 0 Å². The van der Waals surface area contributed by atoms with Crippen molar-refractivity contribution < 1.29 is 18.7 Å². The molecule has 5 nitrogen and oxygen atoms in total. The second-order valence-corrected chi connectivity index (χ2v) is 4.36. The lowest BCUT2D eigenvalue weighted by Gasteiger charge is -2.16. The maximum atomic E-state index is 12.1. The highest BCUT2D eigenvalue weighted by atomic mass is 16.7. The summed E-state index contributed by atoms with van der Waals surface area (Å²) in [5.74, 6) is 1.39. The van der Waals surface area contributed by atoms with Gasteiger partial charge in [-0.2, -0.15) is 0 Å². The molecule has 0 aliphatic carbocycles. The van der Waals surface area contributed by atoms with Crippen molar-refractivity contribution in [3.8, 4) is 11.5 Å². The molecule has 0 bridgehead atoms. The Morgan fingerprint density at radius 2 is 2.11 bits per heavy atom. The van der Waals surface area contributed by atoms with Crippen LogP contribution in [0.4, 0.5) is 0 Å². The Kier molecular flexibility index (Phi) is 2.87. The van der Waals surface area contributed by atoms with Crippen LogP contribution in [0.25, 0.3) is 0 Å². The third kappa shape index (κ3) is 2.27. The molecule has 2 heterocycles. The fourth-order valence-corrected chi connectivity index (χ4v) is 1.99. The molecule has 1 aliphatic rings. The van der Waals surface area contributed by atoms with E-state index in [0.29, 0.717) is 12.1 Å². The molecule has 2 aromatic rings. The summed E-state index contributed by atoms with van der Waals surface area (Å²) in [6.45, 7) is 0.753. The lowest BCUT2D eigenvalue weighted by molar-refractivity contribution is 0.0784. The van der Waals surface area contributed by atoms with E-state index in [0.717, 1.165) is 17.1 Å². The van der Waals surface area contributed by atoms with E-state index in [2.05, 4.69) is 0 Å². The van der Waals surface area contributed by atoms with Gasteiger partial charge < -0.3 is 18.8 Å². The van der Waals surface area contributed by atoms with E-state index in [9.17, 15) is 4.79 Å². The number of carbonyl (C=O) groups is 1. The Morgan fingerprint density at radius 1 is 1.26 bits per heavy atom. The first-order valence-electron chi connectivity index (χ1n) is 5.90. The normalized spacial score (nSPS) is 12.5. The van der Waals surface area contributed by atoms with Crippen molar-refractivity contribution in [3.63, 3.8) is 0 Å². The second-order valence-electron chi connectivity index (χ2n) is 4.36. The van der Waals surface area contributed by atoms with E-state index in [1.807, 2.05) is 18.2 Å². The molecule has 1 aromatic heterocycles. The zero-order chi connectivity index (χ0) is 13.2. The van der Waals surface area contributed by atoms with Crippen LogP contribution in [0, 0.1) is 0 Å². The van der Waals surface area contributed by atoms with Crippen LogP contribution >= 0.6 is 0 Å². The van der Waals surface area contributed by atoms with Gasteiger partial charge in [0, 0.05) is 13.6 Å². The van der Waals surface area contributed by atoms with Gasteiger partial charge in [0.05, 0.1) is 11.8 Å². The van der Waals surface area contributed by atoms with E-state index in [4.69, 9.17) is 13.9 Å². The number of furan rings is 1. The summed E-state index contributed by atoms with van der Waals surface area (Å²) in [4.78, 5) is 13.7. The Labute approximate surface area is 110 Å². The van der Waals surface area contributed by atoms with Gasteiger partial charge in [0.1, 0.15) is 6.26 Å². The molecular weight excluding hydrogens is 246 g/mol. The minimum absolute atomic E-state index is 0.0774. The molecule has 5 heteroatoms. The zero-order valence-corrected chi connectivity index (χ0v) is 10.5. The third-order valence-electron chi connectivity index (χ3n) is 2.97. The molecule has 3 rings (SSSR count). The molecule has 98 valence electrons. The maximum absolute atomic E-state index is 12.1. The van der Waals surface area contributed by atoms with Gasteiger partial charge in [-0.1, -0.05) is 6.07 Å². The van der Waals surface area contributed by atoms with Crippen LogP contribution in [-0.2, 0) is 6.54 Å². The standard InChI is InChI=1S/C14H13NO4/c1-15(14(16)11-4-5-17-8-11)7-10-2-3-12-13(6-10)19-9-18-12/h2-6,8H,7,9H2,1H3. The van der Waals surface area contributed by atoms with Gasteiger partial charge in [0.25, 0.3) is 5.91 Å². The lowest BCUT2D eigenvalue weighted by Crippen LogP contribution is -2.25. The molecule has 19 heavy (non-hydrogen) atoms. The van der Waals surface area contributed by atoms with Crippen LogP contribution in [0.5, 0.6) is 11.5 Å². The van der Waals surface area contributed by atoms with E-state index in [-0.39, 0.29) is 12.7 Å². The van der Waals surface area contributed by atoms with Gasteiger partial charge in [-0.25, -0.2) is 0 Å². The summed E-state index contributed by atoms with van der Waals surface area (Å²) < 4.78 is 15.5. The number of nitrogens with zero attached hydrogens (tertiary/aromatic N) is 1. The van der Waals surface area contributed by atoms with Crippen LogP contribution in [0.1, 0.15) is 15.9 Å². The first-order valence-corrected chi connectivity index (χ1v) is 5.90. The molecular formula is C14H13NO4. The number of ether oxygens (including phenoxy) is 2. The summed E-state index contributed by atoms with van der Waals surface area (Å²) >= 11 is 0. The Morgan fingerprint density at radius 3 is 2.89 bits per heavy atom. The zero-order valence-electron chi connectivity index (χ0n) is 10.5. The van der Waals surface area contributed by atoms with Crippen molar-refractivity contribution >= 4 is 5.91 Å². The molecule has 1 aliphatic heterocycles. The number of amides is 1. The third-order valence-corrected chi connectivity index (χ3v) is 2.97. The summed E-state index contributed by atoms with van der Waals surface area (Å²) in [5.41, 5.74) is 1.53. The van der Waals surface area contributed by atoms with Crippen molar-refractivity contribution in [2.45, 2.75) is 6.54 Å². The number of fused-ring (bicyclic) bond motifs is 1. The molecule has 1 aromatic carbocycles. The Hall–Kier alpha value is -2.43. The highest BCUT2D eigenvalue weighted by Crippen LogP contribution is 2.32. The highest BCUT2D eigenvalue weighted by molar-refractivity contribution is 5.93. The average molecular weight is 259 g/mol. The molecule has 0 radical (unpaired) electrons. The molecule has 0 saturated heterocycles. The predicted octanol–water partition coefficient (Wildman–Crippen LogP) is 2.28. The predicted molar refractivity (Wildman–Crippen MR) is 67.1 cm³/mol. The molecule has 0 saturated carbocycles. The number of hydrogen-bond acceptors (Lipinski definition) is 4. The average Bonchev–Trinajstić information content (AvgIpc) is 3.08. The van der Waals surface area contributed by atoms with Crippen LogP contribution in [0.15, 0.2) is 41.2 Å². The molecule has 0 spiro atoms. The van der Waals surface area contributed by atoms with Crippen molar-refractivity contribution in [3.05, 3.63) is 47.9 Å². The lowest BCUT2D eigenvalue weighted by atomic mass is 10.2. The first-order chi connectivity index (χ1) is 9.24. The summed E-state index contributed by atoms with van der Waals surface area (Å²) in [6.07, 6.45) is 2.93. The number of benzene rings is 1. The first kappa shape index (κ1) is 11.6. The molecule has 0 unspecified atom stereocenters. The molecule has 1 amide bonds. The summed E-state index contributed by atoms with van der Waals surface area (Å²) in [6, 6.07) is 7.32. The van der Waals surface area contributed by atoms with Crippen LogP contribution in [0.3, 0.4) is 0 Å². The van der Waals surface area contributed by atoms with Gasteiger partial charge in [0.2, 0.25) is 6.79 Å². The largest absolute Gasteiger partial charge is 0.472 e. The maximum Gasteiger partial charge on any atom is 0.257 e. The fourth-order valence-electron chi connectivity index (χ4n) is 1.99. The van der Waals surface area contributed by atoms with Gasteiger partial charge in [-0.05, 0) is 23.8 Å². The SMILES string of the molecule is CN(Cc1ccc2c(c1)OCO2)C(=O)c1ccoc1. The van der Waals surface area contributed by atoms with E-state index >= 15 is 0 Å². The van der Waals surface area contributed by atoms with E-state index in [1.165, 1.54) is 12.5 Å². The minimum atomic E-state index is -0.0774. The monoisotopic (exact) mass is 259 g/mol. The molecule has 0 fully saturated rings. The molecule has 0 atom stereocenters. The fraction of sp³-hybridized carbons (Fsp3) is 0.214. The van der Waals surface area contributed by atoms with Crippen LogP contribution in [-0.4, -0.2) is 24.6 Å². The van der Waals surface area contributed by atoms with E-state index < -0.39 is 0 Å². The number of carbonyl (C=O) groups excluding carboxylic acids is 1. The van der Waals surface area contributed by atoms with Crippen molar-refractivity contribution in [2.75, 3.05) is 13.8 Å². The summed E-state index contributed by atoms with van der Waals surface area (Å²) in [5, 5.41) is 0. The smallest absolute Gasteiger partial charge is 0.257 e. The Balaban J connectivity index is 1.73. The Bertz CT molecular complexity index is 591. The van der Waals surface area contributed by atoms with Crippen molar-refractivity contribution in [1.82, 2.24) is 4.90 Å². The van der Waals surface area contributed by atoms with Crippen LogP contribution in [0.2, 0.25) is 0 Å². The van der Waals surface area contributed by atoms with Gasteiger partial charge in [0.15, 0.2) is 11.5 Å². The van der Waals surface area contributed by atoms with Gasteiger partial charge in [-0.3, -0.25) is 4.79 Å². The van der Waals surface area contributed by atoms with Crippen LogP contribution < -0.4 is 9.47 Å². The van der Waals surface area contributed by atoms with E-state index in [1.54, 1.807) is 18.0 Å². The molecule has 0 N–H and O–H groups in total. The summed E-state index contributed by atoms with van der Waals surface area (Å²) in [7, 11) is 1.75. The topological polar surface area (TPSA) is 51.9 Å². The van der Waals surface area contributed by atoms with Gasteiger partial charge >= 0.3 is 0 Å². The number of rotatable bonds is 3. The second kappa shape index (κ2) is 4.68.